The summed E-state index contributed by atoms with van der Waals surface area (Å²) in [5, 5.41) is 0. The van der Waals surface area contributed by atoms with E-state index in [1.807, 2.05) is 0 Å². The first-order valence-electron chi connectivity index (χ1n) is 6.53. The number of nitrogens with zero attached hydrogens (tertiary/aromatic N) is 1. The molecule has 1 fully saturated rings. The fourth-order valence-electron chi connectivity index (χ4n) is 2.16. The molecule has 0 heterocycles. The molecular weight excluding hydrogens is 317 g/mol. The zero-order valence-electron chi connectivity index (χ0n) is 12.1. The Balaban J connectivity index is 2.48. The second kappa shape index (κ2) is 5.33. The lowest BCUT2D eigenvalue weighted by Gasteiger charge is -2.24. The third-order valence-electron chi connectivity index (χ3n) is 3.87. The number of benzene rings is 1. The predicted molar refractivity (Wildman–Crippen MR) is 76.6 cm³/mol. The Bertz CT molecular complexity index is 754. The highest BCUT2D eigenvalue weighted by Crippen LogP contribution is 2.36. The molecule has 2 rings (SSSR count). The van der Waals surface area contributed by atoms with Crippen LogP contribution in [0.2, 0.25) is 0 Å². The third-order valence-corrected chi connectivity index (χ3v) is 6.94. The molecule has 0 radical (unpaired) electrons. The number of hydrogen-bond acceptors (Lipinski definition) is 4. The van der Waals surface area contributed by atoms with E-state index in [0.29, 0.717) is 0 Å². The Morgan fingerprint density at radius 1 is 1.24 bits per heavy atom. The van der Waals surface area contributed by atoms with Gasteiger partial charge in [0.15, 0.2) is 9.84 Å². The van der Waals surface area contributed by atoms with Crippen LogP contribution in [0.3, 0.4) is 0 Å². The molecule has 21 heavy (non-hydrogen) atoms. The molecule has 0 N–H and O–H groups in total. The van der Waals surface area contributed by atoms with Crippen molar-refractivity contribution in [3.05, 3.63) is 24.0 Å². The highest BCUT2D eigenvalue weighted by molar-refractivity contribution is 7.91. The van der Waals surface area contributed by atoms with Crippen LogP contribution in [0, 0.1) is 11.7 Å². The molecule has 1 aliphatic rings. The van der Waals surface area contributed by atoms with Crippen molar-refractivity contribution in [2.24, 2.45) is 5.92 Å². The zero-order chi connectivity index (χ0) is 16.0. The van der Waals surface area contributed by atoms with Gasteiger partial charge in [-0.15, -0.1) is 0 Å². The molecule has 0 spiro atoms. The highest BCUT2D eigenvalue weighted by Gasteiger charge is 2.37. The lowest BCUT2D eigenvalue weighted by atomic mass is 10.2. The quantitative estimate of drug-likeness (QED) is 0.767. The maximum Gasteiger partial charge on any atom is 0.246 e. The Morgan fingerprint density at radius 2 is 1.81 bits per heavy atom. The highest BCUT2D eigenvalue weighted by atomic mass is 32.2. The molecular formula is C13H18FNO4S2. The first-order valence-corrected chi connectivity index (χ1v) is 9.86. The van der Waals surface area contributed by atoms with Crippen molar-refractivity contribution >= 4 is 19.9 Å². The van der Waals surface area contributed by atoms with Crippen molar-refractivity contribution in [1.82, 2.24) is 4.31 Å². The van der Waals surface area contributed by atoms with Crippen LogP contribution in [-0.2, 0) is 19.9 Å². The molecule has 0 aromatic heterocycles. The fraction of sp³-hybridized carbons (Fsp3) is 0.538. The second-order valence-electron chi connectivity index (χ2n) is 5.46. The van der Waals surface area contributed by atoms with Crippen LogP contribution in [0.15, 0.2) is 28.0 Å². The second-order valence-corrected chi connectivity index (χ2v) is 9.45. The van der Waals surface area contributed by atoms with Crippen LogP contribution in [0.4, 0.5) is 4.39 Å². The SMILES string of the molecule is CC(C1CC1)N(C)S(=O)(=O)c1cc(S(C)(=O)=O)ccc1F. The first kappa shape index (κ1) is 16.4. The molecule has 1 aliphatic carbocycles. The molecule has 1 saturated carbocycles. The smallest absolute Gasteiger partial charge is 0.224 e. The molecule has 1 atom stereocenters. The minimum absolute atomic E-state index is 0.213. The van der Waals surface area contributed by atoms with Crippen LogP contribution >= 0.6 is 0 Å². The van der Waals surface area contributed by atoms with Crippen LogP contribution in [0.5, 0.6) is 0 Å². The summed E-state index contributed by atoms with van der Waals surface area (Å²) in [6, 6.07) is 2.58. The number of sulfone groups is 1. The summed E-state index contributed by atoms with van der Waals surface area (Å²) in [7, 11) is -6.27. The van der Waals surface area contributed by atoms with Crippen molar-refractivity contribution in [3.63, 3.8) is 0 Å². The number of rotatable bonds is 5. The number of halogens is 1. The molecule has 0 saturated heterocycles. The van der Waals surface area contributed by atoms with Crippen molar-refractivity contribution < 1.29 is 21.2 Å². The summed E-state index contributed by atoms with van der Waals surface area (Å²) in [6.45, 7) is 1.77. The molecule has 1 aromatic rings. The summed E-state index contributed by atoms with van der Waals surface area (Å²) >= 11 is 0. The molecule has 0 aliphatic heterocycles. The Morgan fingerprint density at radius 3 is 2.29 bits per heavy atom. The molecule has 0 amide bonds. The predicted octanol–water partition coefficient (Wildman–Crippen LogP) is 1.65. The summed E-state index contributed by atoms with van der Waals surface area (Å²) in [5.74, 6) is -0.664. The van der Waals surface area contributed by atoms with Crippen LogP contribution in [0.1, 0.15) is 19.8 Å². The maximum atomic E-state index is 13.9. The summed E-state index contributed by atoms with van der Waals surface area (Å²) < 4.78 is 63.0. The van der Waals surface area contributed by atoms with Gasteiger partial charge in [0.25, 0.3) is 0 Å². The van der Waals surface area contributed by atoms with Crippen molar-refractivity contribution in [2.75, 3.05) is 13.3 Å². The van der Waals surface area contributed by atoms with E-state index in [-0.39, 0.29) is 16.9 Å². The van der Waals surface area contributed by atoms with E-state index in [4.69, 9.17) is 0 Å². The molecule has 1 aromatic carbocycles. The summed E-state index contributed by atoms with van der Waals surface area (Å²) in [5.41, 5.74) is 0. The van der Waals surface area contributed by atoms with Crippen molar-refractivity contribution in [3.8, 4) is 0 Å². The van der Waals surface area contributed by atoms with Gasteiger partial charge in [0.05, 0.1) is 4.90 Å². The van der Waals surface area contributed by atoms with Gasteiger partial charge in [-0.1, -0.05) is 0 Å². The maximum absolute atomic E-state index is 13.9. The standard InChI is InChI=1S/C13H18FNO4S2/c1-9(10-4-5-10)15(2)21(18,19)13-8-11(20(3,16)17)6-7-12(13)14/h6-10H,4-5H2,1-3H3. The van der Waals surface area contributed by atoms with E-state index < -0.39 is 30.6 Å². The lowest BCUT2D eigenvalue weighted by molar-refractivity contribution is 0.355. The largest absolute Gasteiger partial charge is 0.246 e. The molecule has 118 valence electrons. The summed E-state index contributed by atoms with van der Waals surface area (Å²) in [4.78, 5) is -0.810. The van der Waals surface area contributed by atoms with Gasteiger partial charge in [-0.25, -0.2) is 21.2 Å². The van der Waals surface area contributed by atoms with Gasteiger partial charge in [0, 0.05) is 19.3 Å². The van der Waals surface area contributed by atoms with Gasteiger partial charge in [-0.2, -0.15) is 4.31 Å². The van der Waals surface area contributed by atoms with E-state index in [1.165, 1.54) is 7.05 Å². The Hall–Kier alpha value is -0.990. The normalized spacial score (nSPS) is 18.0. The van der Waals surface area contributed by atoms with Gasteiger partial charge in [-0.05, 0) is 43.9 Å². The van der Waals surface area contributed by atoms with Gasteiger partial charge >= 0.3 is 0 Å². The topological polar surface area (TPSA) is 71.5 Å². The van der Waals surface area contributed by atoms with Crippen LogP contribution in [0.25, 0.3) is 0 Å². The fourth-order valence-corrected chi connectivity index (χ4v) is 4.39. The van der Waals surface area contributed by atoms with E-state index >= 15 is 0 Å². The molecule has 1 unspecified atom stereocenters. The van der Waals surface area contributed by atoms with E-state index in [9.17, 15) is 21.2 Å². The van der Waals surface area contributed by atoms with Gasteiger partial charge in [0.2, 0.25) is 10.0 Å². The average Bonchev–Trinajstić information content (AvgIpc) is 3.20. The van der Waals surface area contributed by atoms with E-state index in [2.05, 4.69) is 0 Å². The number of sulfonamides is 1. The molecule has 5 nitrogen and oxygen atoms in total. The first-order chi connectivity index (χ1) is 9.55. The summed E-state index contributed by atoms with van der Waals surface area (Å²) in [6.07, 6.45) is 2.85. The third kappa shape index (κ3) is 3.27. The average molecular weight is 335 g/mol. The van der Waals surface area contributed by atoms with Crippen molar-refractivity contribution in [1.29, 1.82) is 0 Å². The molecule has 0 bridgehead atoms. The minimum atomic E-state index is -4.06. The Kier molecular flexibility index (Phi) is 4.16. The van der Waals surface area contributed by atoms with Gasteiger partial charge < -0.3 is 0 Å². The number of hydrogen-bond donors (Lipinski definition) is 0. The van der Waals surface area contributed by atoms with Gasteiger partial charge in [0.1, 0.15) is 10.7 Å². The van der Waals surface area contributed by atoms with Gasteiger partial charge in [-0.3, -0.25) is 0 Å². The van der Waals surface area contributed by atoms with Crippen molar-refractivity contribution in [2.45, 2.75) is 35.6 Å². The monoisotopic (exact) mass is 335 g/mol. The van der Waals surface area contributed by atoms with E-state index in [1.54, 1.807) is 6.92 Å². The van der Waals surface area contributed by atoms with Crippen LogP contribution < -0.4 is 0 Å². The minimum Gasteiger partial charge on any atom is -0.224 e. The molecule has 8 heteroatoms. The lowest BCUT2D eigenvalue weighted by Crippen LogP contribution is -2.36. The van der Waals surface area contributed by atoms with E-state index in [0.717, 1.165) is 41.6 Å². The van der Waals surface area contributed by atoms with Crippen LogP contribution in [-0.4, -0.2) is 40.5 Å². The zero-order valence-corrected chi connectivity index (χ0v) is 13.7. The Labute approximate surface area is 124 Å².